The maximum atomic E-state index is 12.2. The van der Waals surface area contributed by atoms with Crippen LogP contribution in [0.1, 0.15) is 28.4 Å². The molecule has 0 saturated carbocycles. The van der Waals surface area contributed by atoms with Gasteiger partial charge in [0.2, 0.25) is 10.0 Å². The van der Waals surface area contributed by atoms with Crippen LogP contribution in [-0.4, -0.2) is 48.9 Å². The summed E-state index contributed by atoms with van der Waals surface area (Å²) in [5.74, 6) is 9.43. The maximum Gasteiger partial charge on any atom is 0.268 e. The average Bonchev–Trinajstić information content (AvgIpc) is 2.73. The molecule has 0 spiro atoms. The van der Waals surface area contributed by atoms with Gasteiger partial charge >= 0.3 is 0 Å². The van der Waals surface area contributed by atoms with Gasteiger partial charge in [-0.05, 0) is 61.2 Å². The number of sulfonamides is 1. The van der Waals surface area contributed by atoms with E-state index in [1.165, 1.54) is 24.5 Å². The van der Waals surface area contributed by atoms with Crippen LogP contribution in [0, 0.1) is 23.7 Å². The summed E-state index contributed by atoms with van der Waals surface area (Å²) in [5, 5.41) is 20.6. The minimum absolute atomic E-state index is 0.230. The molecule has 10 heteroatoms. The third-order valence-corrected chi connectivity index (χ3v) is 4.56. The summed E-state index contributed by atoms with van der Waals surface area (Å²) in [7, 11) is -3.38. The van der Waals surface area contributed by atoms with E-state index in [2.05, 4.69) is 33.7 Å². The van der Waals surface area contributed by atoms with Crippen LogP contribution in [0.2, 0.25) is 0 Å². The molecule has 5 N–H and O–H groups in total. The highest BCUT2D eigenvalue weighted by Gasteiger charge is 2.25. The molecule has 2 aromatic carbocycles. The van der Waals surface area contributed by atoms with Gasteiger partial charge in [-0.2, -0.15) is 0 Å². The molecule has 0 fully saturated rings. The second-order valence-electron chi connectivity index (χ2n) is 6.70. The number of hydroxylamine groups is 1. The molecule has 0 aliphatic carbocycles. The summed E-state index contributed by atoms with van der Waals surface area (Å²) in [4.78, 5) is 23.7. The van der Waals surface area contributed by atoms with Gasteiger partial charge < -0.3 is 10.4 Å². The van der Waals surface area contributed by atoms with Crippen LogP contribution in [0.25, 0.3) is 0 Å². The number of carbonyl (C=O) groups is 2. The molecule has 32 heavy (non-hydrogen) atoms. The van der Waals surface area contributed by atoms with Gasteiger partial charge in [0.1, 0.15) is 6.04 Å². The van der Waals surface area contributed by atoms with Crippen molar-refractivity contribution in [3.05, 3.63) is 65.2 Å². The van der Waals surface area contributed by atoms with E-state index < -0.39 is 34.0 Å². The van der Waals surface area contributed by atoms with Crippen molar-refractivity contribution in [2.45, 2.75) is 19.1 Å². The van der Waals surface area contributed by atoms with Gasteiger partial charge in [0.05, 0.1) is 12.4 Å². The topological polar surface area (TPSA) is 145 Å². The molecule has 2 atom stereocenters. The third kappa shape index (κ3) is 7.78. The van der Waals surface area contributed by atoms with Crippen LogP contribution in [0.15, 0.2) is 48.5 Å². The number of hydrogen-bond donors (Lipinski definition) is 5. The Morgan fingerprint density at radius 2 is 1.62 bits per heavy atom. The number of nitrogens with one attached hydrogen (secondary N) is 3. The molecule has 0 bridgehead atoms. The van der Waals surface area contributed by atoms with Gasteiger partial charge in [-0.25, -0.2) is 13.9 Å². The lowest BCUT2D eigenvalue weighted by molar-refractivity contribution is -0.133. The third-order valence-electron chi connectivity index (χ3n) is 3.95. The summed E-state index contributed by atoms with van der Waals surface area (Å²) < 4.78 is 24.9. The van der Waals surface area contributed by atoms with Crippen molar-refractivity contribution in [2.75, 3.05) is 11.0 Å². The van der Waals surface area contributed by atoms with E-state index in [9.17, 15) is 23.1 Å². The first-order valence-corrected chi connectivity index (χ1v) is 11.1. The van der Waals surface area contributed by atoms with Crippen LogP contribution in [-0.2, 0) is 14.8 Å². The predicted molar refractivity (Wildman–Crippen MR) is 118 cm³/mol. The molecular formula is C22H21N3O6S. The quantitative estimate of drug-likeness (QED) is 0.243. The molecule has 0 aliphatic rings. The molecular weight excluding hydrogens is 434 g/mol. The van der Waals surface area contributed by atoms with Gasteiger partial charge in [0, 0.05) is 22.4 Å². The van der Waals surface area contributed by atoms with Crippen LogP contribution < -0.4 is 15.5 Å². The van der Waals surface area contributed by atoms with E-state index in [4.69, 9.17) is 5.21 Å². The molecule has 2 rings (SSSR count). The number of benzene rings is 2. The fourth-order valence-electron chi connectivity index (χ4n) is 2.49. The highest BCUT2D eigenvalue weighted by atomic mass is 32.2. The lowest BCUT2D eigenvalue weighted by Crippen LogP contribution is -2.51. The Labute approximate surface area is 185 Å². The molecule has 2 aromatic rings. The van der Waals surface area contributed by atoms with Gasteiger partial charge in [0.15, 0.2) is 0 Å². The Kier molecular flexibility index (Phi) is 8.38. The molecule has 0 aliphatic heterocycles. The highest BCUT2D eigenvalue weighted by molar-refractivity contribution is 7.92. The zero-order valence-electron chi connectivity index (χ0n) is 17.2. The zero-order chi connectivity index (χ0) is 23.7. The van der Waals surface area contributed by atoms with Crippen LogP contribution >= 0.6 is 0 Å². The summed E-state index contributed by atoms with van der Waals surface area (Å²) in [6.45, 7) is 1.30. The fourth-order valence-corrected chi connectivity index (χ4v) is 3.04. The number of aliphatic hydroxyl groups excluding tert-OH is 1. The number of carbonyl (C=O) groups excluding carboxylic acids is 2. The highest BCUT2D eigenvalue weighted by Crippen LogP contribution is 2.11. The lowest BCUT2D eigenvalue weighted by Gasteiger charge is -2.19. The first-order valence-electron chi connectivity index (χ1n) is 9.22. The van der Waals surface area contributed by atoms with E-state index in [0.717, 1.165) is 6.26 Å². The summed E-state index contributed by atoms with van der Waals surface area (Å²) in [5.41, 5.74) is 3.19. The first-order chi connectivity index (χ1) is 15.1. The first kappa shape index (κ1) is 24.4. The second kappa shape index (κ2) is 11.0. The lowest BCUT2D eigenvalue weighted by atomic mass is 10.1. The van der Waals surface area contributed by atoms with Gasteiger partial charge in [-0.1, -0.05) is 17.9 Å². The minimum atomic E-state index is -3.38. The van der Waals surface area contributed by atoms with Gasteiger partial charge in [-0.15, -0.1) is 0 Å². The van der Waals surface area contributed by atoms with Crippen molar-refractivity contribution in [3.8, 4) is 23.7 Å². The van der Waals surface area contributed by atoms with Crippen LogP contribution in [0.5, 0.6) is 0 Å². The Balaban J connectivity index is 2.05. The molecule has 166 valence electrons. The minimum Gasteiger partial charge on any atom is -0.391 e. The monoisotopic (exact) mass is 455 g/mol. The van der Waals surface area contributed by atoms with E-state index in [1.54, 1.807) is 36.4 Å². The van der Waals surface area contributed by atoms with Crippen molar-refractivity contribution in [3.63, 3.8) is 0 Å². The SMILES string of the molecule is CC(O)C(NC(=O)c1ccc(C#CC#Cc2cccc(NS(C)(=O)=O)c2)cc1)C(=O)NO. The largest absolute Gasteiger partial charge is 0.391 e. The zero-order valence-corrected chi connectivity index (χ0v) is 18.0. The van der Waals surface area contributed by atoms with Crippen LogP contribution in [0.4, 0.5) is 5.69 Å². The van der Waals surface area contributed by atoms with Crippen molar-refractivity contribution < 1.29 is 28.3 Å². The fraction of sp³-hybridized carbons (Fsp3) is 0.182. The van der Waals surface area contributed by atoms with Crippen molar-refractivity contribution >= 4 is 27.5 Å². The van der Waals surface area contributed by atoms with E-state index in [-0.39, 0.29) is 5.56 Å². The number of amides is 2. The number of rotatable bonds is 6. The molecule has 2 amide bonds. The number of aliphatic hydroxyl groups is 1. The molecule has 0 aromatic heterocycles. The molecule has 9 nitrogen and oxygen atoms in total. The van der Waals surface area contributed by atoms with Crippen molar-refractivity contribution in [1.82, 2.24) is 10.8 Å². The summed E-state index contributed by atoms with van der Waals surface area (Å²) in [6.07, 6.45) is -0.152. The number of hydrogen-bond acceptors (Lipinski definition) is 6. The van der Waals surface area contributed by atoms with Crippen molar-refractivity contribution in [2.24, 2.45) is 0 Å². The molecule has 0 saturated heterocycles. The molecule has 0 radical (unpaired) electrons. The van der Waals surface area contributed by atoms with Gasteiger partial charge in [-0.3, -0.25) is 19.5 Å². The average molecular weight is 455 g/mol. The van der Waals surface area contributed by atoms with Crippen molar-refractivity contribution in [1.29, 1.82) is 0 Å². The van der Waals surface area contributed by atoms with E-state index in [1.807, 2.05) is 0 Å². The normalized spacial score (nSPS) is 12.1. The predicted octanol–water partition coefficient (Wildman–Crippen LogP) is 0.446. The Hall–Kier alpha value is -3.83. The molecule has 2 unspecified atom stereocenters. The Morgan fingerprint density at radius 1 is 1.00 bits per heavy atom. The Bertz CT molecular complexity index is 1220. The number of anilines is 1. The summed E-state index contributed by atoms with van der Waals surface area (Å²) >= 11 is 0. The standard InChI is InChI=1S/C22H21N3O6S/c1-15(26)20(22(28)24-29)23-21(27)18-12-10-16(11-13-18)6-3-4-7-17-8-5-9-19(14-17)25-32(2,30)31/h5,8-15,20,25-26,29H,1-2H3,(H,23,27)(H,24,28). The van der Waals surface area contributed by atoms with Gasteiger partial charge in [0.25, 0.3) is 11.8 Å². The second-order valence-corrected chi connectivity index (χ2v) is 8.45. The van der Waals surface area contributed by atoms with E-state index >= 15 is 0 Å². The van der Waals surface area contributed by atoms with Crippen LogP contribution in [0.3, 0.4) is 0 Å². The molecule has 0 heterocycles. The maximum absolute atomic E-state index is 12.2. The smallest absolute Gasteiger partial charge is 0.268 e. The van der Waals surface area contributed by atoms with E-state index in [0.29, 0.717) is 16.8 Å². The Morgan fingerprint density at radius 3 is 2.19 bits per heavy atom. The summed E-state index contributed by atoms with van der Waals surface area (Å²) in [6, 6.07) is 11.4.